The van der Waals surface area contributed by atoms with Crippen LogP contribution in [-0.4, -0.2) is 25.2 Å². The van der Waals surface area contributed by atoms with Crippen LogP contribution in [0.25, 0.3) is 39.7 Å². The van der Waals surface area contributed by atoms with Crippen molar-refractivity contribution in [1.29, 1.82) is 0 Å². The van der Waals surface area contributed by atoms with Crippen molar-refractivity contribution >= 4 is 143 Å². The topological polar surface area (TPSA) is 52.6 Å². The van der Waals surface area contributed by atoms with Gasteiger partial charge in [-0.25, -0.2) is 9.59 Å². The van der Waals surface area contributed by atoms with Crippen molar-refractivity contribution in [3.05, 3.63) is 85.4 Å². The van der Waals surface area contributed by atoms with Crippen LogP contribution in [0, 0.1) is 18.8 Å². The summed E-state index contributed by atoms with van der Waals surface area (Å²) >= 11 is 19.4. The van der Waals surface area contributed by atoms with Crippen LogP contribution in [0.5, 0.6) is 0 Å². The highest BCUT2D eigenvalue weighted by atomic mass is 79.9. The molecule has 0 N–H and O–H groups in total. The highest BCUT2D eigenvalue weighted by Crippen LogP contribution is 2.52. The first-order valence-corrected chi connectivity index (χ1v) is 38.4. The van der Waals surface area contributed by atoms with Crippen LogP contribution >= 0.6 is 111 Å². The Kier molecular flexibility index (Phi) is 39.1. The number of hydrogen-bond acceptors (Lipinski definition) is 11. The van der Waals surface area contributed by atoms with E-state index in [1.165, 1.54) is 205 Å². The van der Waals surface area contributed by atoms with E-state index in [0.717, 1.165) is 61.1 Å². The number of carbonyl (C=O) groups is 2. The molecule has 7 aromatic heterocycles. The average molecular weight is 1380 g/mol. The Balaban J connectivity index is 0.000000391. The lowest BCUT2D eigenvalue weighted by molar-refractivity contribution is 0.0425. The van der Waals surface area contributed by atoms with Gasteiger partial charge in [-0.3, -0.25) is 0 Å². The number of ether oxygens (including phenoxy) is 2. The standard InChI is InChI=1S/C39H56O2S4.C15H18Br2O2S2.C13H22S.2CH4/c1-5-9-12-14-16-18-21-30-23-25-42-34(30)36-32-27-33(39(40)41-28-29(8-4)20-11-7-3)44-37(32)38(45-36)35-31(24-26-43-35)22-19-17-15-13-10-6-2;1-3-5-6-9(4-2)8-19-15(18)11-7-10-12(20-11)14(17)21-13(10)16;1-3-4-5-6-7-8-9-13-10-11-14-12(13)2;;/h23-27,29H,5-22,28H2,1-4H3;7,9H,3-6,8H2,1-2H3;10-11H,3-9H2,1-2H3;2*1H4. The number of thiophene rings is 7. The van der Waals surface area contributed by atoms with Gasteiger partial charge < -0.3 is 9.47 Å². The van der Waals surface area contributed by atoms with Crippen LogP contribution in [-0.2, 0) is 28.7 Å². The van der Waals surface area contributed by atoms with E-state index in [1.54, 1.807) is 28.2 Å². The Hall–Kier alpha value is -1.68. The fourth-order valence-electron chi connectivity index (χ4n) is 10.1. The van der Waals surface area contributed by atoms with E-state index in [1.807, 2.05) is 51.4 Å². The lowest BCUT2D eigenvalue weighted by Crippen LogP contribution is -2.13. The van der Waals surface area contributed by atoms with Gasteiger partial charge in [-0.1, -0.05) is 198 Å². The van der Waals surface area contributed by atoms with Gasteiger partial charge in [0.05, 0.1) is 39.9 Å². The summed E-state index contributed by atoms with van der Waals surface area (Å²) in [6, 6.07) is 11.0. The van der Waals surface area contributed by atoms with Gasteiger partial charge in [-0.05, 0) is 165 Å². The van der Waals surface area contributed by atoms with Gasteiger partial charge in [0.25, 0.3) is 0 Å². The van der Waals surface area contributed by atoms with Crippen LogP contribution in [0.4, 0.5) is 0 Å². The predicted molar refractivity (Wildman–Crippen MR) is 382 cm³/mol. The molecule has 0 amide bonds. The fourth-order valence-corrected chi connectivity index (χ4v) is 20.0. The second-order valence-corrected chi connectivity index (χ2v) is 31.5. The van der Waals surface area contributed by atoms with Gasteiger partial charge in [-0.15, -0.1) is 79.4 Å². The van der Waals surface area contributed by atoms with Crippen molar-refractivity contribution in [3.63, 3.8) is 0 Å². The van der Waals surface area contributed by atoms with E-state index in [4.69, 9.17) is 9.47 Å². The van der Waals surface area contributed by atoms with Crippen molar-refractivity contribution in [2.75, 3.05) is 13.2 Å². The largest absolute Gasteiger partial charge is 0.461 e. The van der Waals surface area contributed by atoms with Gasteiger partial charge >= 0.3 is 11.9 Å². The minimum absolute atomic E-state index is 0. The van der Waals surface area contributed by atoms with E-state index < -0.39 is 0 Å². The molecule has 7 rings (SSSR count). The molecule has 0 radical (unpaired) electrons. The number of esters is 2. The van der Waals surface area contributed by atoms with Crippen molar-refractivity contribution < 1.29 is 19.1 Å². The maximum absolute atomic E-state index is 13.4. The Labute approximate surface area is 543 Å². The predicted octanol–water partition coefficient (Wildman–Crippen LogP) is 27.7. The van der Waals surface area contributed by atoms with E-state index in [-0.39, 0.29) is 26.8 Å². The smallest absolute Gasteiger partial charge is 0.348 e. The number of unbranched alkanes of at least 4 members (excludes halogenated alkanes) is 17. The number of aryl methyl sites for hydroxylation is 4. The summed E-state index contributed by atoms with van der Waals surface area (Å²) in [6.07, 6.45) is 36.9. The van der Waals surface area contributed by atoms with Crippen LogP contribution in [0.15, 0.2) is 54.0 Å². The molecular formula is C69H104Br2O4S7. The molecule has 0 saturated heterocycles. The second-order valence-electron chi connectivity index (χ2n) is 21.8. The van der Waals surface area contributed by atoms with Gasteiger partial charge in [-0.2, -0.15) is 0 Å². The molecular weight excluding hydrogens is 1280 g/mol. The van der Waals surface area contributed by atoms with Crippen molar-refractivity contribution in [1.82, 2.24) is 0 Å². The minimum atomic E-state index is -0.199. The number of hydrogen-bond donors (Lipinski definition) is 0. The highest BCUT2D eigenvalue weighted by Gasteiger charge is 2.25. The molecule has 0 bridgehead atoms. The van der Waals surface area contributed by atoms with Crippen LogP contribution in [0.3, 0.4) is 0 Å². The molecule has 0 spiro atoms. The molecule has 2 atom stereocenters. The number of fused-ring (bicyclic) bond motifs is 2. The summed E-state index contributed by atoms with van der Waals surface area (Å²) in [5, 5.41) is 9.08. The fraction of sp³-hybridized carbons (Fsp3) is 0.623. The molecule has 0 aliphatic heterocycles. The maximum Gasteiger partial charge on any atom is 0.348 e. The molecule has 460 valence electrons. The van der Waals surface area contributed by atoms with Crippen LogP contribution in [0.2, 0.25) is 0 Å². The molecule has 13 heteroatoms. The first-order chi connectivity index (χ1) is 39.0. The summed E-state index contributed by atoms with van der Waals surface area (Å²) in [5.41, 5.74) is 4.52. The first kappa shape index (κ1) is 74.6. The van der Waals surface area contributed by atoms with Crippen molar-refractivity contribution in [3.8, 4) is 19.5 Å². The highest BCUT2D eigenvalue weighted by molar-refractivity contribution is 9.12. The van der Waals surface area contributed by atoms with Gasteiger partial charge in [0.15, 0.2) is 0 Å². The molecule has 7 heterocycles. The number of carbonyl (C=O) groups excluding carboxylic acids is 2. The van der Waals surface area contributed by atoms with Gasteiger partial charge in [0.1, 0.15) is 9.75 Å². The molecule has 0 fully saturated rings. The minimum Gasteiger partial charge on any atom is -0.461 e. The lowest BCUT2D eigenvalue weighted by Gasteiger charge is -2.14. The van der Waals surface area contributed by atoms with E-state index in [2.05, 4.69) is 128 Å². The van der Waals surface area contributed by atoms with E-state index in [0.29, 0.717) is 29.9 Å². The Morgan fingerprint density at radius 2 is 0.841 bits per heavy atom. The number of halogens is 2. The molecule has 4 nitrogen and oxygen atoms in total. The number of rotatable bonds is 37. The zero-order valence-corrected chi connectivity index (χ0v) is 58.8. The molecule has 0 saturated carbocycles. The Morgan fingerprint density at radius 3 is 1.28 bits per heavy atom. The Morgan fingerprint density at radius 1 is 0.439 bits per heavy atom. The summed E-state index contributed by atoms with van der Waals surface area (Å²) < 4.78 is 15.9. The third kappa shape index (κ3) is 24.5. The summed E-state index contributed by atoms with van der Waals surface area (Å²) in [4.78, 5) is 34.1. The molecule has 2 unspecified atom stereocenters. The third-order valence-electron chi connectivity index (χ3n) is 15.3. The second kappa shape index (κ2) is 43.0. The molecule has 0 aliphatic carbocycles. The zero-order chi connectivity index (χ0) is 57.5. The lowest BCUT2D eigenvalue weighted by atomic mass is 10.0. The molecule has 0 aliphatic rings. The first-order valence-electron chi connectivity index (χ1n) is 31.0. The van der Waals surface area contributed by atoms with Gasteiger partial charge in [0.2, 0.25) is 0 Å². The van der Waals surface area contributed by atoms with Crippen molar-refractivity contribution in [2.45, 2.75) is 256 Å². The van der Waals surface area contributed by atoms with Crippen LogP contribution in [0.1, 0.15) is 271 Å². The van der Waals surface area contributed by atoms with Crippen LogP contribution < -0.4 is 0 Å². The maximum atomic E-state index is 13.4. The molecule has 0 aromatic carbocycles. The quantitative estimate of drug-likeness (QED) is 0.0288. The van der Waals surface area contributed by atoms with Gasteiger partial charge in [0, 0.05) is 25.4 Å². The van der Waals surface area contributed by atoms with Crippen molar-refractivity contribution in [2.24, 2.45) is 11.8 Å². The zero-order valence-electron chi connectivity index (χ0n) is 49.9. The average Bonchev–Trinajstić information content (AvgIpc) is 4.30. The SMILES string of the molecule is C.C.CCCCC(CC)COC(=O)c1cc2c(Br)sc(Br)c2s1.CCCCCCCCc1ccsc1-c1sc(-c2sccc2CCCCCCCC)c2sc(C(=O)OCC(CC)CCCC)cc12.CCCCCCCCc1ccsc1C. The molecule has 7 aromatic rings. The Bertz CT molecular complexity index is 2660. The molecule has 82 heavy (non-hydrogen) atoms. The van der Waals surface area contributed by atoms with E-state index in [9.17, 15) is 9.59 Å². The summed E-state index contributed by atoms with van der Waals surface area (Å²) in [7, 11) is 0. The van der Waals surface area contributed by atoms with E-state index >= 15 is 0 Å². The normalized spacial score (nSPS) is 11.9. The summed E-state index contributed by atoms with van der Waals surface area (Å²) in [6.45, 7) is 18.9. The monoisotopic (exact) mass is 1380 g/mol. The summed E-state index contributed by atoms with van der Waals surface area (Å²) in [5.74, 6) is 0.583. The third-order valence-corrected chi connectivity index (χ3v) is 25.0.